The third-order valence-corrected chi connectivity index (χ3v) is 3.55. The Morgan fingerprint density at radius 2 is 1.73 bits per heavy atom. The fourth-order valence-corrected chi connectivity index (χ4v) is 2.01. The second-order valence-electron chi connectivity index (χ2n) is 4.56. The van der Waals surface area contributed by atoms with E-state index in [2.05, 4.69) is 58.8 Å². The topological polar surface area (TPSA) is 3.24 Å². The Morgan fingerprint density at radius 1 is 1.13 bits per heavy atom. The monoisotopic (exact) mass is 205 g/mol. The van der Waals surface area contributed by atoms with Crippen LogP contribution in [-0.2, 0) is 6.42 Å². The molecule has 0 aromatic heterocycles. The molecule has 0 heterocycles. The first-order valence-electron chi connectivity index (χ1n) is 5.74. The van der Waals surface area contributed by atoms with Gasteiger partial charge in [-0.05, 0) is 63.5 Å². The summed E-state index contributed by atoms with van der Waals surface area (Å²) < 4.78 is 0. The van der Waals surface area contributed by atoms with E-state index in [9.17, 15) is 0 Å². The minimum atomic E-state index is 0.495. The second kappa shape index (κ2) is 4.80. The molecule has 15 heavy (non-hydrogen) atoms. The molecule has 0 radical (unpaired) electrons. The summed E-state index contributed by atoms with van der Waals surface area (Å²) in [6.07, 6.45) is 1.13. The molecule has 1 nitrogen and oxygen atoms in total. The molecule has 0 spiro atoms. The van der Waals surface area contributed by atoms with Crippen LogP contribution in [0.4, 0.5) is 0 Å². The van der Waals surface area contributed by atoms with Crippen molar-refractivity contribution >= 4 is 0 Å². The van der Waals surface area contributed by atoms with Gasteiger partial charge in [0.05, 0.1) is 0 Å². The van der Waals surface area contributed by atoms with Crippen LogP contribution in [0.1, 0.15) is 42.1 Å². The standard InChI is InChI=1S/C14H23N/c1-7-13-8-9-14(11(3)10(13)2)12(4)15(5)6/h8-9,12H,7H2,1-6H3. The van der Waals surface area contributed by atoms with Crippen molar-refractivity contribution < 1.29 is 0 Å². The average molecular weight is 205 g/mol. The zero-order valence-electron chi connectivity index (χ0n) is 10.9. The van der Waals surface area contributed by atoms with Crippen molar-refractivity contribution in [2.24, 2.45) is 0 Å². The molecule has 1 aromatic rings. The number of rotatable bonds is 3. The van der Waals surface area contributed by atoms with E-state index >= 15 is 0 Å². The minimum absolute atomic E-state index is 0.495. The van der Waals surface area contributed by atoms with Crippen LogP contribution in [0.2, 0.25) is 0 Å². The fraction of sp³-hybridized carbons (Fsp3) is 0.571. The van der Waals surface area contributed by atoms with Gasteiger partial charge in [-0.1, -0.05) is 19.1 Å². The zero-order chi connectivity index (χ0) is 11.6. The molecule has 0 aliphatic heterocycles. The lowest BCUT2D eigenvalue weighted by molar-refractivity contribution is 0.320. The second-order valence-corrected chi connectivity index (χ2v) is 4.56. The molecule has 0 aliphatic rings. The van der Waals surface area contributed by atoms with Crippen LogP contribution in [0, 0.1) is 13.8 Å². The van der Waals surface area contributed by atoms with Crippen LogP contribution >= 0.6 is 0 Å². The number of hydrogen-bond acceptors (Lipinski definition) is 1. The predicted octanol–water partition coefficient (Wildman–Crippen LogP) is 3.49. The molecule has 0 saturated carbocycles. The third kappa shape index (κ3) is 2.40. The maximum atomic E-state index is 2.28. The average Bonchev–Trinajstić information content (AvgIpc) is 2.21. The van der Waals surface area contributed by atoms with Crippen molar-refractivity contribution in [3.63, 3.8) is 0 Å². The quantitative estimate of drug-likeness (QED) is 0.730. The molecule has 0 saturated heterocycles. The predicted molar refractivity (Wildman–Crippen MR) is 67.4 cm³/mol. The van der Waals surface area contributed by atoms with Gasteiger partial charge >= 0.3 is 0 Å². The number of hydrogen-bond donors (Lipinski definition) is 0. The molecule has 1 atom stereocenters. The zero-order valence-corrected chi connectivity index (χ0v) is 10.9. The van der Waals surface area contributed by atoms with Crippen molar-refractivity contribution in [1.82, 2.24) is 4.90 Å². The van der Waals surface area contributed by atoms with Gasteiger partial charge in [-0.2, -0.15) is 0 Å². The molecule has 1 heteroatoms. The van der Waals surface area contributed by atoms with E-state index in [0.29, 0.717) is 6.04 Å². The van der Waals surface area contributed by atoms with Gasteiger partial charge in [0.2, 0.25) is 0 Å². The van der Waals surface area contributed by atoms with Gasteiger partial charge in [0.1, 0.15) is 0 Å². The summed E-state index contributed by atoms with van der Waals surface area (Å²) in [7, 11) is 4.26. The van der Waals surface area contributed by atoms with Crippen LogP contribution in [0.5, 0.6) is 0 Å². The molecule has 0 fully saturated rings. The van der Waals surface area contributed by atoms with Gasteiger partial charge in [-0.25, -0.2) is 0 Å². The Hall–Kier alpha value is -0.820. The third-order valence-electron chi connectivity index (χ3n) is 3.55. The maximum Gasteiger partial charge on any atom is 0.0316 e. The smallest absolute Gasteiger partial charge is 0.0316 e. The summed E-state index contributed by atoms with van der Waals surface area (Å²) >= 11 is 0. The maximum absolute atomic E-state index is 2.28. The van der Waals surface area contributed by atoms with E-state index < -0.39 is 0 Å². The van der Waals surface area contributed by atoms with Crippen molar-refractivity contribution in [3.8, 4) is 0 Å². The molecule has 0 N–H and O–H groups in total. The summed E-state index contributed by atoms with van der Waals surface area (Å²) in [5.74, 6) is 0. The summed E-state index contributed by atoms with van der Waals surface area (Å²) in [6, 6.07) is 5.05. The lowest BCUT2D eigenvalue weighted by atomic mass is 9.93. The molecule has 84 valence electrons. The molecule has 0 amide bonds. The van der Waals surface area contributed by atoms with Crippen LogP contribution < -0.4 is 0 Å². The first-order valence-corrected chi connectivity index (χ1v) is 5.74. The highest BCUT2D eigenvalue weighted by Crippen LogP contribution is 2.25. The molecule has 0 bridgehead atoms. The van der Waals surface area contributed by atoms with Crippen molar-refractivity contribution in [1.29, 1.82) is 0 Å². The number of benzene rings is 1. The van der Waals surface area contributed by atoms with Gasteiger partial charge in [0.15, 0.2) is 0 Å². The molecule has 0 aliphatic carbocycles. The Labute approximate surface area is 94.1 Å². The van der Waals surface area contributed by atoms with E-state index in [0.717, 1.165) is 6.42 Å². The highest BCUT2D eigenvalue weighted by molar-refractivity contribution is 5.40. The van der Waals surface area contributed by atoms with Gasteiger partial charge in [0.25, 0.3) is 0 Å². The normalized spacial score (nSPS) is 13.3. The molecule has 1 unspecified atom stereocenters. The molecule has 1 rings (SSSR count). The van der Waals surface area contributed by atoms with Gasteiger partial charge < -0.3 is 4.90 Å². The van der Waals surface area contributed by atoms with E-state index in [1.54, 1.807) is 0 Å². The highest BCUT2D eigenvalue weighted by atomic mass is 15.1. The first kappa shape index (κ1) is 12.3. The van der Waals surface area contributed by atoms with Crippen molar-refractivity contribution in [2.45, 2.75) is 40.2 Å². The van der Waals surface area contributed by atoms with Crippen molar-refractivity contribution in [3.05, 3.63) is 34.4 Å². The Balaban J connectivity index is 3.17. The number of nitrogens with zero attached hydrogens (tertiary/aromatic N) is 1. The summed E-state index contributed by atoms with van der Waals surface area (Å²) in [5, 5.41) is 0. The Morgan fingerprint density at radius 3 is 2.20 bits per heavy atom. The minimum Gasteiger partial charge on any atom is -0.303 e. The van der Waals surface area contributed by atoms with Crippen LogP contribution in [-0.4, -0.2) is 19.0 Å². The SMILES string of the molecule is CCc1ccc(C(C)N(C)C)c(C)c1C. The van der Waals surface area contributed by atoms with Gasteiger partial charge in [-0.3, -0.25) is 0 Å². The van der Waals surface area contributed by atoms with Crippen LogP contribution in [0.15, 0.2) is 12.1 Å². The van der Waals surface area contributed by atoms with Gasteiger partial charge in [0, 0.05) is 6.04 Å². The number of aryl methyl sites for hydroxylation is 1. The highest BCUT2D eigenvalue weighted by Gasteiger charge is 2.12. The Bertz CT molecular complexity index is 339. The first-order chi connectivity index (χ1) is 6.99. The summed E-state index contributed by atoms with van der Waals surface area (Å²) in [5.41, 5.74) is 5.84. The van der Waals surface area contributed by atoms with Crippen LogP contribution in [0.25, 0.3) is 0 Å². The summed E-state index contributed by atoms with van der Waals surface area (Å²) in [6.45, 7) is 8.95. The van der Waals surface area contributed by atoms with Crippen molar-refractivity contribution in [2.75, 3.05) is 14.1 Å². The van der Waals surface area contributed by atoms with Gasteiger partial charge in [-0.15, -0.1) is 0 Å². The summed E-state index contributed by atoms with van der Waals surface area (Å²) in [4.78, 5) is 2.26. The lowest BCUT2D eigenvalue weighted by Crippen LogP contribution is -2.18. The van der Waals surface area contributed by atoms with E-state index in [4.69, 9.17) is 0 Å². The fourth-order valence-electron chi connectivity index (χ4n) is 2.01. The molecular weight excluding hydrogens is 182 g/mol. The van der Waals surface area contributed by atoms with E-state index in [-0.39, 0.29) is 0 Å². The van der Waals surface area contributed by atoms with E-state index in [1.165, 1.54) is 22.3 Å². The Kier molecular flexibility index (Phi) is 3.92. The van der Waals surface area contributed by atoms with Crippen LogP contribution in [0.3, 0.4) is 0 Å². The largest absolute Gasteiger partial charge is 0.303 e. The molecule has 1 aromatic carbocycles. The van der Waals surface area contributed by atoms with E-state index in [1.807, 2.05) is 0 Å². The lowest BCUT2D eigenvalue weighted by Gasteiger charge is -2.23. The molecular formula is C14H23N.